The van der Waals surface area contributed by atoms with Gasteiger partial charge in [-0.1, -0.05) is 36.4 Å². The molecule has 3 heterocycles. The Hall–Kier alpha value is -3.39. The first kappa shape index (κ1) is 18.0. The first-order chi connectivity index (χ1) is 13.6. The van der Waals surface area contributed by atoms with Crippen LogP contribution in [-0.4, -0.2) is 25.7 Å². The largest absolute Gasteiger partial charge is 0.350 e. The number of thiazole rings is 1. The van der Waals surface area contributed by atoms with Gasteiger partial charge in [-0.15, -0.1) is 11.3 Å². The second kappa shape index (κ2) is 7.69. The highest BCUT2D eigenvalue weighted by Crippen LogP contribution is 2.29. The zero-order valence-corrected chi connectivity index (χ0v) is 15.9. The Morgan fingerprint density at radius 2 is 2.00 bits per heavy atom. The molecule has 1 amide bonds. The lowest BCUT2D eigenvalue weighted by Crippen LogP contribution is -2.33. The summed E-state index contributed by atoms with van der Waals surface area (Å²) in [6.45, 7) is 2.00. The predicted molar refractivity (Wildman–Crippen MR) is 108 cm³/mol. The van der Waals surface area contributed by atoms with E-state index in [0.717, 1.165) is 20.8 Å². The van der Waals surface area contributed by atoms with Crippen molar-refractivity contribution in [3.63, 3.8) is 0 Å². The maximum Gasteiger partial charge on any atom is 0.294 e. The van der Waals surface area contributed by atoms with Crippen LogP contribution in [0.5, 0.6) is 0 Å². The number of hydrogen-bond acceptors (Lipinski definition) is 6. The zero-order chi connectivity index (χ0) is 19.5. The number of aryl methyl sites for hydroxylation is 1. The Morgan fingerprint density at radius 1 is 1.18 bits per heavy atom. The summed E-state index contributed by atoms with van der Waals surface area (Å²) < 4.78 is 1.92. The molecule has 0 fully saturated rings. The van der Waals surface area contributed by atoms with Gasteiger partial charge in [-0.3, -0.25) is 14.6 Å². The molecule has 3 aromatic heterocycles. The average Bonchev–Trinajstić information content (AvgIpc) is 3.18. The molecule has 0 saturated carbocycles. The van der Waals surface area contributed by atoms with E-state index in [-0.39, 0.29) is 18.0 Å². The molecular formula is C20H17N5O2S. The number of amides is 1. The van der Waals surface area contributed by atoms with E-state index < -0.39 is 0 Å². The summed E-state index contributed by atoms with van der Waals surface area (Å²) in [7, 11) is 0. The molecule has 0 aliphatic carbocycles. The van der Waals surface area contributed by atoms with Crippen LogP contribution >= 0.6 is 11.3 Å². The van der Waals surface area contributed by atoms with Crippen LogP contribution in [0.15, 0.2) is 59.7 Å². The Labute approximate surface area is 164 Å². The number of carbonyl (C=O) groups is 1. The van der Waals surface area contributed by atoms with Crippen molar-refractivity contribution < 1.29 is 4.79 Å². The molecule has 0 aliphatic rings. The van der Waals surface area contributed by atoms with Crippen LogP contribution in [0.2, 0.25) is 0 Å². The van der Waals surface area contributed by atoms with E-state index in [2.05, 4.69) is 20.4 Å². The van der Waals surface area contributed by atoms with Gasteiger partial charge in [-0.25, -0.2) is 9.67 Å². The minimum absolute atomic E-state index is 0.159. The molecule has 28 heavy (non-hydrogen) atoms. The number of pyridine rings is 1. The highest BCUT2D eigenvalue weighted by Gasteiger charge is 2.16. The molecule has 4 aromatic rings. The Balaban J connectivity index is 1.58. The van der Waals surface area contributed by atoms with Crippen LogP contribution in [0.3, 0.4) is 0 Å². The van der Waals surface area contributed by atoms with E-state index in [9.17, 15) is 9.59 Å². The maximum absolute atomic E-state index is 12.8. The van der Waals surface area contributed by atoms with E-state index in [0.29, 0.717) is 17.8 Å². The number of benzene rings is 1. The van der Waals surface area contributed by atoms with E-state index >= 15 is 0 Å². The number of carbonyl (C=O) groups excluding carboxylic acids is 1. The number of aromatic nitrogens is 4. The summed E-state index contributed by atoms with van der Waals surface area (Å²) in [4.78, 5) is 33.6. The molecule has 0 aliphatic heterocycles. The highest BCUT2D eigenvalue weighted by atomic mass is 32.1. The molecule has 1 aromatic carbocycles. The Kier molecular flexibility index (Phi) is 4.94. The van der Waals surface area contributed by atoms with Crippen LogP contribution in [0, 0.1) is 6.92 Å². The third-order valence-corrected chi connectivity index (χ3v) is 5.40. The molecule has 1 N–H and O–H groups in total. The molecule has 4 rings (SSSR count). The van der Waals surface area contributed by atoms with Gasteiger partial charge >= 0.3 is 0 Å². The lowest BCUT2D eigenvalue weighted by atomic mass is 10.2. The summed E-state index contributed by atoms with van der Waals surface area (Å²) in [6, 6.07) is 13.4. The number of nitrogens with one attached hydrogen (secondary N) is 1. The van der Waals surface area contributed by atoms with Gasteiger partial charge in [0.05, 0.1) is 10.4 Å². The number of hydrogen-bond donors (Lipinski definition) is 1. The van der Waals surface area contributed by atoms with Crippen molar-refractivity contribution in [1.29, 1.82) is 0 Å². The minimum atomic E-state index is -0.365. The maximum atomic E-state index is 12.8. The van der Waals surface area contributed by atoms with Crippen molar-refractivity contribution in [2.45, 2.75) is 20.0 Å². The predicted octanol–water partition coefficient (Wildman–Crippen LogP) is 2.54. The molecule has 0 atom stereocenters. The summed E-state index contributed by atoms with van der Waals surface area (Å²) in [5.74, 6) is -0.296. The standard InChI is InChI=1S/C20H17N5O2S/c1-13-18-17(23-19(28-18)15-7-3-2-4-8-15)20(27)25(24-13)12-16(26)22-11-14-6-5-9-21-10-14/h2-10H,11-12H2,1H3,(H,22,26). The van der Waals surface area contributed by atoms with Crippen molar-refractivity contribution in [1.82, 2.24) is 25.1 Å². The van der Waals surface area contributed by atoms with Gasteiger partial charge in [-0.2, -0.15) is 5.10 Å². The van der Waals surface area contributed by atoms with Crippen molar-refractivity contribution in [3.8, 4) is 10.6 Å². The summed E-state index contributed by atoms with van der Waals surface area (Å²) in [5.41, 5.74) is 2.49. The fourth-order valence-electron chi connectivity index (χ4n) is 2.81. The fourth-order valence-corrected chi connectivity index (χ4v) is 3.81. The summed E-state index contributed by atoms with van der Waals surface area (Å²) in [5, 5.41) is 7.84. The van der Waals surface area contributed by atoms with Crippen molar-refractivity contribution >= 4 is 27.5 Å². The molecule has 0 spiro atoms. The van der Waals surface area contributed by atoms with Gasteiger partial charge in [0, 0.05) is 24.5 Å². The third kappa shape index (κ3) is 3.67. The van der Waals surface area contributed by atoms with E-state index in [1.165, 1.54) is 16.0 Å². The molecule has 0 radical (unpaired) electrons. The normalized spacial score (nSPS) is 10.9. The molecule has 0 bridgehead atoms. The van der Waals surface area contributed by atoms with Crippen LogP contribution in [0.4, 0.5) is 0 Å². The molecule has 0 unspecified atom stereocenters. The van der Waals surface area contributed by atoms with Crippen molar-refractivity contribution in [2.24, 2.45) is 0 Å². The topological polar surface area (TPSA) is 89.8 Å². The quantitative estimate of drug-likeness (QED) is 0.565. The van der Waals surface area contributed by atoms with Crippen molar-refractivity contribution in [2.75, 3.05) is 0 Å². The van der Waals surface area contributed by atoms with Gasteiger partial charge in [0.2, 0.25) is 5.91 Å². The third-order valence-electron chi connectivity index (χ3n) is 4.19. The van der Waals surface area contributed by atoms with Gasteiger partial charge in [-0.05, 0) is 18.6 Å². The fraction of sp³-hybridized carbons (Fsp3) is 0.150. The van der Waals surface area contributed by atoms with Gasteiger partial charge in [0.15, 0.2) is 5.52 Å². The van der Waals surface area contributed by atoms with E-state index in [1.54, 1.807) is 18.5 Å². The molecule has 7 nitrogen and oxygen atoms in total. The number of fused-ring (bicyclic) bond motifs is 1. The van der Waals surface area contributed by atoms with Gasteiger partial charge in [0.25, 0.3) is 5.56 Å². The average molecular weight is 391 g/mol. The number of nitrogens with zero attached hydrogens (tertiary/aromatic N) is 4. The SMILES string of the molecule is Cc1nn(CC(=O)NCc2cccnc2)c(=O)c2nc(-c3ccccc3)sc12. The summed E-state index contributed by atoms with van der Waals surface area (Å²) >= 11 is 1.43. The first-order valence-corrected chi connectivity index (χ1v) is 9.53. The van der Waals surface area contributed by atoms with E-state index in [4.69, 9.17) is 0 Å². The van der Waals surface area contributed by atoms with Crippen LogP contribution in [0.25, 0.3) is 20.8 Å². The van der Waals surface area contributed by atoms with Gasteiger partial charge in [0.1, 0.15) is 11.6 Å². The lowest BCUT2D eigenvalue weighted by molar-refractivity contribution is -0.122. The number of rotatable bonds is 5. The zero-order valence-electron chi connectivity index (χ0n) is 15.1. The second-order valence-electron chi connectivity index (χ2n) is 6.25. The lowest BCUT2D eigenvalue weighted by Gasteiger charge is -2.07. The first-order valence-electron chi connectivity index (χ1n) is 8.71. The molecule has 8 heteroatoms. The minimum Gasteiger partial charge on any atom is -0.350 e. The van der Waals surface area contributed by atoms with Crippen LogP contribution in [-0.2, 0) is 17.9 Å². The van der Waals surface area contributed by atoms with Crippen LogP contribution < -0.4 is 10.9 Å². The van der Waals surface area contributed by atoms with Crippen molar-refractivity contribution in [3.05, 3.63) is 76.5 Å². The van der Waals surface area contributed by atoms with Gasteiger partial charge < -0.3 is 5.32 Å². The highest BCUT2D eigenvalue weighted by molar-refractivity contribution is 7.21. The molecule has 140 valence electrons. The van der Waals surface area contributed by atoms with E-state index in [1.807, 2.05) is 43.3 Å². The molecule has 0 saturated heterocycles. The Bertz CT molecular complexity index is 1190. The smallest absolute Gasteiger partial charge is 0.294 e. The Morgan fingerprint density at radius 3 is 2.75 bits per heavy atom. The second-order valence-corrected chi connectivity index (χ2v) is 7.25. The van der Waals surface area contributed by atoms with Crippen LogP contribution in [0.1, 0.15) is 11.3 Å². The summed E-state index contributed by atoms with van der Waals surface area (Å²) in [6.07, 6.45) is 3.35. The monoisotopic (exact) mass is 391 g/mol. The molecular weight excluding hydrogens is 374 g/mol.